The number of benzene rings is 3. The van der Waals surface area contributed by atoms with Crippen LogP contribution in [-0.4, -0.2) is 31.9 Å². The highest BCUT2D eigenvalue weighted by Crippen LogP contribution is 2.33. The van der Waals surface area contributed by atoms with E-state index in [1.54, 1.807) is 6.07 Å². The van der Waals surface area contributed by atoms with Crippen LogP contribution in [0.2, 0.25) is 0 Å². The molecule has 0 bridgehead atoms. The monoisotopic (exact) mass is 472 g/mol. The summed E-state index contributed by atoms with van der Waals surface area (Å²) in [6.07, 6.45) is 1.16. The van der Waals surface area contributed by atoms with Crippen LogP contribution in [0.5, 0.6) is 0 Å². The van der Waals surface area contributed by atoms with Crippen molar-refractivity contribution >= 4 is 33.3 Å². The number of rotatable bonds is 5. The third-order valence-corrected chi connectivity index (χ3v) is 7.07. The van der Waals surface area contributed by atoms with Crippen molar-refractivity contribution in [1.29, 1.82) is 0 Å². The predicted molar refractivity (Wildman–Crippen MR) is 117 cm³/mol. The van der Waals surface area contributed by atoms with Crippen molar-refractivity contribution in [3.8, 4) is 0 Å². The Kier molecular flexibility index (Phi) is 5.86. The number of aryl methyl sites for hydroxylation is 1. The lowest BCUT2D eigenvalue weighted by molar-refractivity contribution is 0.0691. The van der Waals surface area contributed by atoms with Gasteiger partial charge in [0.15, 0.2) is 0 Å². The van der Waals surface area contributed by atoms with Gasteiger partial charge in [0.2, 0.25) is 0 Å². The molecule has 0 radical (unpaired) electrons. The van der Waals surface area contributed by atoms with Gasteiger partial charge in [-0.25, -0.2) is 22.0 Å². The van der Waals surface area contributed by atoms with Crippen molar-refractivity contribution in [2.75, 3.05) is 16.2 Å². The van der Waals surface area contributed by atoms with Crippen LogP contribution in [0.4, 0.5) is 20.2 Å². The summed E-state index contributed by atoms with van der Waals surface area (Å²) in [5.41, 5.74) is 0.669. The van der Waals surface area contributed by atoms with Gasteiger partial charge in [-0.15, -0.1) is 0 Å². The van der Waals surface area contributed by atoms with Gasteiger partial charge < -0.3 is 10.4 Å². The van der Waals surface area contributed by atoms with Crippen molar-refractivity contribution in [3.63, 3.8) is 0 Å². The molecule has 1 aliphatic rings. The minimum atomic E-state index is -4.06. The molecule has 0 fully saturated rings. The molecule has 3 aromatic rings. The van der Waals surface area contributed by atoms with Gasteiger partial charge in [0, 0.05) is 17.8 Å². The Hall–Kier alpha value is -3.79. The van der Waals surface area contributed by atoms with Gasteiger partial charge in [0.1, 0.15) is 11.6 Å². The van der Waals surface area contributed by atoms with E-state index >= 15 is 0 Å². The maximum atomic E-state index is 13.9. The molecular weight excluding hydrogens is 454 g/mol. The Labute approximate surface area is 188 Å². The Balaban J connectivity index is 1.65. The fourth-order valence-electron chi connectivity index (χ4n) is 3.66. The standard InChI is InChI=1S/C23H18F2N2O5S/c24-16-4-1-5-18(12-16)33(31,32)27-10-2-3-14-6-7-15(11-21(14)27)22(28)26-17-8-9-19(23(29)30)20(25)13-17/h1,4-9,11-13H,2-3,10H2,(H,26,28)(H,29,30). The second-order valence-electron chi connectivity index (χ2n) is 7.44. The summed E-state index contributed by atoms with van der Waals surface area (Å²) in [6.45, 7) is 0.165. The lowest BCUT2D eigenvalue weighted by atomic mass is 10.0. The minimum absolute atomic E-state index is 0.0458. The molecule has 10 heteroatoms. The first kappa shape index (κ1) is 22.4. The summed E-state index contributed by atoms with van der Waals surface area (Å²) in [5, 5.41) is 11.4. The van der Waals surface area contributed by atoms with Crippen LogP contribution < -0.4 is 9.62 Å². The maximum Gasteiger partial charge on any atom is 0.338 e. The molecule has 2 N–H and O–H groups in total. The first-order valence-electron chi connectivity index (χ1n) is 9.92. The van der Waals surface area contributed by atoms with Gasteiger partial charge in [-0.1, -0.05) is 12.1 Å². The molecule has 3 aromatic carbocycles. The van der Waals surface area contributed by atoms with E-state index in [4.69, 9.17) is 5.11 Å². The van der Waals surface area contributed by atoms with Crippen LogP contribution in [-0.2, 0) is 16.4 Å². The SMILES string of the molecule is O=C(Nc1ccc(C(=O)O)c(F)c1)c1ccc2c(c1)N(S(=O)(=O)c1cccc(F)c1)CCC2. The quantitative estimate of drug-likeness (QED) is 0.583. The Bertz CT molecular complexity index is 1380. The summed E-state index contributed by atoms with van der Waals surface area (Å²) < 4.78 is 55.0. The average molecular weight is 472 g/mol. The van der Waals surface area contributed by atoms with Crippen molar-refractivity contribution in [2.24, 2.45) is 0 Å². The topological polar surface area (TPSA) is 104 Å². The lowest BCUT2D eigenvalue weighted by Gasteiger charge is -2.31. The minimum Gasteiger partial charge on any atom is -0.478 e. The van der Waals surface area contributed by atoms with Gasteiger partial charge in [-0.3, -0.25) is 9.10 Å². The van der Waals surface area contributed by atoms with E-state index in [2.05, 4.69) is 5.32 Å². The number of sulfonamides is 1. The molecule has 1 aliphatic heterocycles. The molecule has 0 saturated carbocycles. The van der Waals surface area contributed by atoms with Crippen LogP contribution in [0.3, 0.4) is 0 Å². The van der Waals surface area contributed by atoms with E-state index in [1.807, 2.05) is 0 Å². The molecule has 0 spiro atoms. The van der Waals surface area contributed by atoms with Crippen molar-refractivity contribution in [2.45, 2.75) is 17.7 Å². The normalized spacial score (nSPS) is 13.3. The fraction of sp³-hybridized carbons (Fsp3) is 0.130. The van der Waals surface area contributed by atoms with Gasteiger partial charge in [0.25, 0.3) is 15.9 Å². The third-order valence-electron chi connectivity index (χ3n) is 5.26. The summed E-state index contributed by atoms with van der Waals surface area (Å²) in [6, 6.07) is 12.5. The highest BCUT2D eigenvalue weighted by molar-refractivity contribution is 7.92. The molecule has 0 aliphatic carbocycles. The number of carboxylic acid groups (broad SMARTS) is 1. The number of amides is 1. The predicted octanol–water partition coefficient (Wildman–Crippen LogP) is 4.06. The van der Waals surface area contributed by atoms with Crippen molar-refractivity contribution in [3.05, 3.63) is 89.0 Å². The first-order valence-corrected chi connectivity index (χ1v) is 11.4. The summed E-state index contributed by atoms with van der Waals surface area (Å²) in [5.74, 6) is -3.74. The molecule has 1 amide bonds. The Morgan fingerprint density at radius 3 is 2.48 bits per heavy atom. The zero-order valence-electron chi connectivity index (χ0n) is 17.1. The highest BCUT2D eigenvalue weighted by Gasteiger charge is 2.30. The molecule has 0 unspecified atom stereocenters. The van der Waals surface area contributed by atoms with Gasteiger partial charge in [-0.2, -0.15) is 0 Å². The molecular formula is C23H18F2N2O5S. The van der Waals surface area contributed by atoms with Gasteiger partial charge >= 0.3 is 5.97 Å². The second kappa shape index (κ2) is 8.62. The number of nitrogens with zero attached hydrogens (tertiary/aromatic N) is 1. The number of nitrogens with one attached hydrogen (secondary N) is 1. The van der Waals surface area contributed by atoms with Crippen LogP contribution in [0.1, 0.15) is 32.7 Å². The summed E-state index contributed by atoms with van der Waals surface area (Å²) >= 11 is 0. The van der Waals surface area contributed by atoms with Crippen molar-refractivity contribution in [1.82, 2.24) is 0 Å². The second-order valence-corrected chi connectivity index (χ2v) is 9.30. The molecule has 33 heavy (non-hydrogen) atoms. The van der Waals surface area contributed by atoms with Crippen LogP contribution in [0.15, 0.2) is 65.6 Å². The number of halogens is 2. The third kappa shape index (κ3) is 4.42. The number of carbonyl (C=O) groups is 2. The summed E-state index contributed by atoms with van der Waals surface area (Å²) in [7, 11) is -4.06. The lowest BCUT2D eigenvalue weighted by Crippen LogP contribution is -2.35. The van der Waals surface area contributed by atoms with E-state index in [0.717, 1.165) is 34.1 Å². The van der Waals surface area contributed by atoms with E-state index in [1.165, 1.54) is 30.3 Å². The number of hydrogen-bond acceptors (Lipinski definition) is 4. The first-order chi connectivity index (χ1) is 15.7. The highest BCUT2D eigenvalue weighted by atomic mass is 32.2. The average Bonchev–Trinajstić information content (AvgIpc) is 2.78. The molecule has 170 valence electrons. The molecule has 7 nitrogen and oxygen atoms in total. The molecule has 0 saturated heterocycles. The summed E-state index contributed by atoms with van der Waals surface area (Å²) in [4.78, 5) is 23.5. The van der Waals surface area contributed by atoms with E-state index < -0.39 is 39.1 Å². The largest absolute Gasteiger partial charge is 0.478 e. The molecule has 4 rings (SSSR count). The van der Waals surface area contributed by atoms with E-state index in [-0.39, 0.29) is 22.7 Å². The number of anilines is 2. The smallest absolute Gasteiger partial charge is 0.338 e. The van der Waals surface area contributed by atoms with Gasteiger partial charge in [0.05, 0.1) is 16.1 Å². The zero-order valence-corrected chi connectivity index (χ0v) is 17.9. The number of carbonyl (C=O) groups excluding carboxylic acids is 1. The zero-order chi connectivity index (χ0) is 23.8. The molecule has 0 atom stereocenters. The molecule has 0 aromatic heterocycles. The van der Waals surface area contributed by atoms with Crippen LogP contribution in [0, 0.1) is 11.6 Å². The number of aromatic carboxylic acids is 1. The van der Waals surface area contributed by atoms with Crippen LogP contribution >= 0.6 is 0 Å². The maximum absolute atomic E-state index is 13.9. The fourth-order valence-corrected chi connectivity index (χ4v) is 5.22. The van der Waals surface area contributed by atoms with Crippen LogP contribution in [0.25, 0.3) is 0 Å². The van der Waals surface area contributed by atoms with Gasteiger partial charge in [-0.05, 0) is 66.9 Å². The molecule has 1 heterocycles. The van der Waals surface area contributed by atoms with E-state index in [0.29, 0.717) is 18.5 Å². The number of fused-ring (bicyclic) bond motifs is 1. The Morgan fingerprint density at radius 1 is 1.00 bits per heavy atom. The van der Waals surface area contributed by atoms with Crippen molar-refractivity contribution < 1.29 is 31.9 Å². The number of hydrogen-bond donors (Lipinski definition) is 2. The number of carboxylic acids is 1. The van der Waals surface area contributed by atoms with E-state index in [9.17, 15) is 26.8 Å². The Morgan fingerprint density at radius 2 is 1.79 bits per heavy atom.